The molecule has 106 valence electrons. The van der Waals surface area contributed by atoms with Crippen molar-refractivity contribution in [2.45, 2.75) is 25.5 Å². The van der Waals surface area contributed by atoms with Crippen molar-refractivity contribution in [1.82, 2.24) is 0 Å². The molecule has 0 fully saturated rings. The molecule has 0 bridgehead atoms. The van der Waals surface area contributed by atoms with E-state index in [-0.39, 0.29) is 11.3 Å². The monoisotopic (exact) mass is 413 g/mol. The Hall–Kier alpha value is -0.600. The smallest absolute Gasteiger partial charge is 0.337 e. The second-order valence-electron chi connectivity index (χ2n) is 4.83. The summed E-state index contributed by atoms with van der Waals surface area (Å²) in [4.78, 5) is 11.2. The zero-order chi connectivity index (χ0) is 15.0. The van der Waals surface area contributed by atoms with Crippen LogP contribution in [0, 0.1) is 0 Å². The lowest BCUT2D eigenvalue weighted by Gasteiger charge is -2.22. The van der Waals surface area contributed by atoms with Gasteiger partial charge in [-0.1, -0.05) is 15.9 Å². The molecule has 0 radical (unpaired) electrons. The van der Waals surface area contributed by atoms with Crippen molar-refractivity contribution in [3.63, 3.8) is 0 Å². The molecule has 0 amide bonds. The van der Waals surface area contributed by atoms with Crippen LogP contribution in [0.4, 0.5) is 5.69 Å². The number of rotatable bonds is 3. The molecule has 0 spiro atoms. The zero-order valence-electron chi connectivity index (χ0n) is 10.5. The Kier molecular flexibility index (Phi) is 4.69. The number of carboxylic acid groups (broad SMARTS) is 1. The number of benzene rings is 1. The maximum Gasteiger partial charge on any atom is 0.337 e. The first-order valence-corrected chi connectivity index (χ1v) is 8.27. The molecule has 1 aromatic rings. The van der Waals surface area contributed by atoms with Gasteiger partial charge in [-0.15, -0.1) is 0 Å². The number of aromatic carboxylic acids is 1. The minimum atomic E-state index is -3.70. The van der Waals surface area contributed by atoms with Gasteiger partial charge < -0.3 is 5.11 Å². The fourth-order valence-corrected chi connectivity index (χ4v) is 3.38. The first-order valence-electron chi connectivity index (χ1n) is 5.20. The Morgan fingerprint density at radius 3 is 2.21 bits per heavy atom. The highest BCUT2D eigenvalue weighted by Gasteiger charge is 2.31. The van der Waals surface area contributed by atoms with Gasteiger partial charge in [-0.2, -0.15) is 0 Å². The standard InChI is InChI=1S/C11H13Br2NO4S/c1-11(2,3)19(17,18)14-9-7(10(15)16)4-6(12)5-8(9)13/h4-5,14H,1-3H3,(H,15,16). The van der Waals surface area contributed by atoms with E-state index in [1.54, 1.807) is 6.07 Å². The Bertz CT molecular complexity index is 620. The van der Waals surface area contributed by atoms with Crippen LogP contribution < -0.4 is 4.72 Å². The van der Waals surface area contributed by atoms with Gasteiger partial charge in [0.05, 0.1) is 16.0 Å². The number of hydrogen-bond acceptors (Lipinski definition) is 3. The minimum Gasteiger partial charge on any atom is -0.478 e. The largest absolute Gasteiger partial charge is 0.478 e. The fraction of sp³-hybridized carbons (Fsp3) is 0.364. The van der Waals surface area contributed by atoms with Gasteiger partial charge in [0.15, 0.2) is 0 Å². The third-order valence-electron chi connectivity index (χ3n) is 2.33. The molecule has 0 atom stereocenters. The molecule has 0 saturated carbocycles. The molecule has 0 unspecified atom stereocenters. The van der Waals surface area contributed by atoms with Gasteiger partial charge in [-0.3, -0.25) is 4.72 Å². The maximum absolute atomic E-state index is 12.1. The second kappa shape index (κ2) is 5.41. The van der Waals surface area contributed by atoms with Gasteiger partial charge in [-0.05, 0) is 48.8 Å². The topological polar surface area (TPSA) is 83.5 Å². The number of carbonyl (C=O) groups is 1. The Balaban J connectivity index is 3.41. The molecule has 19 heavy (non-hydrogen) atoms. The first kappa shape index (κ1) is 16.5. The number of anilines is 1. The summed E-state index contributed by atoms with van der Waals surface area (Å²) >= 11 is 6.33. The summed E-state index contributed by atoms with van der Waals surface area (Å²) in [6, 6.07) is 2.92. The van der Waals surface area contributed by atoms with Crippen LogP contribution >= 0.6 is 31.9 Å². The van der Waals surface area contributed by atoms with E-state index < -0.39 is 20.7 Å². The lowest BCUT2D eigenvalue weighted by atomic mass is 10.2. The lowest BCUT2D eigenvalue weighted by Crippen LogP contribution is -2.34. The summed E-state index contributed by atoms with van der Waals surface area (Å²) in [5.41, 5.74) is -0.111. The van der Waals surface area contributed by atoms with Crippen LogP contribution in [0.1, 0.15) is 31.1 Å². The van der Waals surface area contributed by atoms with Gasteiger partial charge >= 0.3 is 5.97 Å². The van der Waals surface area contributed by atoms with Crippen LogP contribution in [0.25, 0.3) is 0 Å². The van der Waals surface area contributed by atoms with Crippen molar-refractivity contribution in [2.24, 2.45) is 0 Å². The molecule has 0 heterocycles. The molecular weight excluding hydrogens is 402 g/mol. The number of sulfonamides is 1. The van der Waals surface area contributed by atoms with Crippen LogP contribution in [0.2, 0.25) is 0 Å². The lowest BCUT2D eigenvalue weighted by molar-refractivity contribution is 0.0698. The first-order chi connectivity index (χ1) is 8.45. The van der Waals surface area contributed by atoms with Crippen LogP contribution in [-0.4, -0.2) is 24.2 Å². The SMILES string of the molecule is CC(C)(C)S(=O)(=O)Nc1c(Br)cc(Br)cc1C(=O)O. The summed E-state index contributed by atoms with van der Waals surface area (Å²) in [6.07, 6.45) is 0. The molecule has 1 aromatic carbocycles. The predicted octanol–water partition coefficient (Wildman–Crippen LogP) is 3.45. The van der Waals surface area contributed by atoms with E-state index in [1.807, 2.05) is 0 Å². The third-order valence-corrected chi connectivity index (χ3v) is 5.50. The Labute approximate surface area is 128 Å². The van der Waals surface area contributed by atoms with Crippen molar-refractivity contribution in [1.29, 1.82) is 0 Å². The predicted molar refractivity (Wildman–Crippen MR) is 81.1 cm³/mol. The number of nitrogens with one attached hydrogen (secondary N) is 1. The van der Waals surface area contributed by atoms with E-state index in [0.29, 0.717) is 8.95 Å². The van der Waals surface area contributed by atoms with Gasteiger partial charge in [0.25, 0.3) is 0 Å². The van der Waals surface area contributed by atoms with Gasteiger partial charge in [0.1, 0.15) is 0 Å². The molecular formula is C11H13Br2NO4S. The highest BCUT2D eigenvalue weighted by molar-refractivity contribution is 9.11. The van der Waals surface area contributed by atoms with E-state index in [4.69, 9.17) is 5.11 Å². The maximum atomic E-state index is 12.1. The number of carboxylic acids is 1. The average Bonchev–Trinajstić information content (AvgIpc) is 2.19. The van der Waals surface area contributed by atoms with Crippen molar-refractivity contribution in [3.05, 3.63) is 26.6 Å². The molecule has 2 N–H and O–H groups in total. The van der Waals surface area contributed by atoms with Gasteiger partial charge in [0, 0.05) is 8.95 Å². The summed E-state index contributed by atoms with van der Waals surface area (Å²) in [5.74, 6) is -1.21. The Morgan fingerprint density at radius 1 is 1.26 bits per heavy atom. The molecule has 0 aromatic heterocycles. The molecule has 0 aliphatic heterocycles. The number of halogens is 2. The highest BCUT2D eigenvalue weighted by Crippen LogP contribution is 2.33. The Morgan fingerprint density at radius 2 is 1.79 bits per heavy atom. The van der Waals surface area contributed by atoms with Gasteiger partial charge in [-0.25, -0.2) is 13.2 Å². The molecule has 0 aliphatic carbocycles. The van der Waals surface area contributed by atoms with Crippen molar-refractivity contribution < 1.29 is 18.3 Å². The van der Waals surface area contributed by atoms with E-state index in [0.717, 1.165) is 0 Å². The number of hydrogen-bond donors (Lipinski definition) is 2. The summed E-state index contributed by atoms with van der Waals surface area (Å²) in [5, 5.41) is 9.14. The van der Waals surface area contributed by atoms with E-state index in [9.17, 15) is 13.2 Å². The molecule has 8 heteroatoms. The van der Waals surface area contributed by atoms with E-state index in [1.165, 1.54) is 26.8 Å². The highest BCUT2D eigenvalue weighted by atomic mass is 79.9. The molecule has 0 saturated heterocycles. The van der Waals surface area contributed by atoms with Crippen molar-refractivity contribution in [2.75, 3.05) is 4.72 Å². The minimum absolute atomic E-state index is 0.0191. The quantitative estimate of drug-likeness (QED) is 0.793. The van der Waals surface area contributed by atoms with E-state index >= 15 is 0 Å². The molecule has 1 rings (SSSR count). The van der Waals surface area contributed by atoms with Crippen LogP contribution in [0.15, 0.2) is 21.1 Å². The third kappa shape index (κ3) is 3.70. The fourth-order valence-electron chi connectivity index (χ4n) is 1.13. The average molecular weight is 415 g/mol. The molecule has 5 nitrogen and oxygen atoms in total. The van der Waals surface area contributed by atoms with Crippen LogP contribution in [0.3, 0.4) is 0 Å². The normalized spacial score (nSPS) is 12.3. The zero-order valence-corrected chi connectivity index (χ0v) is 14.5. The summed E-state index contributed by atoms with van der Waals surface area (Å²) < 4.78 is 26.4. The van der Waals surface area contributed by atoms with Gasteiger partial charge in [0.2, 0.25) is 10.0 Å². The molecule has 0 aliphatic rings. The van der Waals surface area contributed by atoms with E-state index in [2.05, 4.69) is 36.6 Å². The van der Waals surface area contributed by atoms with Crippen molar-refractivity contribution >= 4 is 53.5 Å². The summed E-state index contributed by atoms with van der Waals surface area (Å²) in [6.45, 7) is 4.59. The second-order valence-corrected chi connectivity index (χ2v) is 9.04. The van der Waals surface area contributed by atoms with Crippen LogP contribution in [-0.2, 0) is 10.0 Å². The summed E-state index contributed by atoms with van der Waals surface area (Å²) in [7, 11) is -3.70. The van der Waals surface area contributed by atoms with Crippen LogP contribution in [0.5, 0.6) is 0 Å². The van der Waals surface area contributed by atoms with Crippen molar-refractivity contribution in [3.8, 4) is 0 Å².